The van der Waals surface area contributed by atoms with Gasteiger partial charge in [0.15, 0.2) is 0 Å². The Morgan fingerprint density at radius 2 is 1.83 bits per heavy atom. The lowest BCUT2D eigenvalue weighted by Gasteiger charge is -2.33. The molecule has 4 unspecified atom stereocenters. The third-order valence-electron chi connectivity index (χ3n) is 4.56. The summed E-state index contributed by atoms with van der Waals surface area (Å²) in [6.07, 6.45) is 9.80. The second-order valence-electron chi connectivity index (χ2n) is 7.18. The van der Waals surface area contributed by atoms with E-state index >= 15 is 0 Å². The summed E-state index contributed by atoms with van der Waals surface area (Å²) in [4.78, 5) is 0. The van der Waals surface area contributed by atoms with Crippen molar-refractivity contribution >= 4 is 0 Å². The van der Waals surface area contributed by atoms with Crippen molar-refractivity contribution in [2.24, 2.45) is 17.8 Å². The van der Waals surface area contributed by atoms with Gasteiger partial charge in [-0.3, -0.25) is 0 Å². The third-order valence-corrected chi connectivity index (χ3v) is 4.56. The molecule has 0 saturated heterocycles. The second kappa shape index (κ2) is 8.19. The zero-order valence-electron chi connectivity index (χ0n) is 13.3. The summed E-state index contributed by atoms with van der Waals surface area (Å²) in [5, 5.41) is 3.89. The molecule has 1 saturated carbocycles. The summed E-state index contributed by atoms with van der Waals surface area (Å²) in [5.74, 6) is 2.71. The molecule has 1 rings (SSSR count). The smallest absolute Gasteiger partial charge is 0.00721 e. The van der Waals surface area contributed by atoms with Crippen LogP contribution >= 0.6 is 0 Å². The molecule has 1 fully saturated rings. The van der Waals surface area contributed by atoms with Gasteiger partial charge in [-0.15, -0.1) is 0 Å². The molecule has 18 heavy (non-hydrogen) atoms. The van der Waals surface area contributed by atoms with Crippen LogP contribution in [0.5, 0.6) is 0 Å². The van der Waals surface area contributed by atoms with E-state index in [2.05, 4.69) is 39.9 Å². The maximum absolute atomic E-state index is 3.89. The molecule has 0 aliphatic heterocycles. The summed E-state index contributed by atoms with van der Waals surface area (Å²) < 4.78 is 0. The fraction of sp³-hybridized carbons (Fsp3) is 1.00. The van der Waals surface area contributed by atoms with Gasteiger partial charge in [-0.05, 0) is 50.4 Å². The van der Waals surface area contributed by atoms with E-state index in [0.29, 0.717) is 6.04 Å². The topological polar surface area (TPSA) is 12.0 Å². The minimum atomic E-state index is 0.697. The zero-order chi connectivity index (χ0) is 13.5. The first kappa shape index (κ1) is 16.0. The molecule has 0 radical (unpaired) electrons. The average molecular weight is 253 g/mol. The number of hydrogen-bond donors (Lipinski definition) is 1. The summed E-state index contributed by atoms with van der Waals surface area (Å²) in [7, 11) is 0. The molecule has 0 spiro atoms. The van der Waals surface area contributed by atoms with Crippen LogP contribution in [0.25, 0.3) is 0 Å². The first-order chi connectivity index (χ1) is 8.51. The quantitative estimate of drug-likeness (QED) is 0.673. The molecule has 0 aromatic carbocycles. The van der Waals surface area contributed by atoms with E-state index in [4.69, 9.17) is 0 Å². The summed E-state index contributed by atoms with van der Waals surface area (Å²) in [6.45, 7) is 11.8. The van der Waals surface area contributed by atoms with E-state index in [1.165, 1.54) is 44.9 Å². The monoisotopic (exact) mass is 253 g/mol. The molecule has 0 heterocycles. The van der Waals surface area contributed by atoms with Crippen LogP contribution in [0.15, 0.2) is 0 Å². The van der Waals surface area contributed by atoms with Crippen LogP contribution in [0.3, 0.4) is 0 Å². The average Bonchev–Trinajstić information content (AvgIpc) is 2.28. The van der Waals surface area contributed by atoms with Gasteiger partial charge in [-0.2, -0.15) is 0 Å². The molecule has 108 valence electrons. The molecule has 1 aliphatic rings. The normalized spacial score (nSPS) is 28.3. The van der Waals surface area contributed by atoms with Crippen molar-refractivity contribution in [1.29, 1.82) is 0 Å². The zero-order valence-corrected chi connectivity index (χ0v) is 13.3. The Labute approximate surface area is 115 Å². The maximum atomic E-state index is 3.89. The van der Waals surface area contributed by atoms with E-state index in [1.807, 2.05) is 0 Å². The molecule has 1 aliphatic carbocycles. The van der Waals surface area contributed by atoms with Crippen LogP contribution in [-0.2, 0) is 0 Å². The van der Waals surface area contributed by atoms with Gasteiger partial charge in [0, 0.05) is 12.1 Å². The predicted molar refractivity (Wildman–Crippen MR) is 81.9 cm³/mol. The Balaban J connectivity index is 2.28. The second-order valence-corrected chi connectivity index (χ2v) is 7.18. The Kier molecular flexibility index (Phi) is 7.29. The largest absolute Gasteiger partial charge is 0.311 e. The highest BCUT2D eigenvalue weighted by Gasteiger charge is 2.23. The van der Waals surface area contributed by atoms with E-state index in [1.54, 1.807) is 0 Å². The first-order valence-corrected chi connectivity index (χ1v) is 8.27. The van der Waals surface area contributed by atoms with Gasteiger partial charge in [0.2, 0.25) is 0 Å². The maximum Gasteiger partial charge on any atom is 0.00721 e. The number of nitrogens with one attached hydrogen (secondary N) is 1. The van der Waals surface area contributed by atoms with Crippen LogP contribution in [-0.4, -0.2) is 12.1 Å². The number of rotatable bonds is 7. The van der Waals surface area contributed by atoms with Gasteiger partial charge in [0.25, 0.3) is 0 Å². The van der Waals surface area contributed by atoms with Crippen molar-refractivity contribution in [2.45, 2.75) is 91.6 Å². The highest BCUT2D eigenvalue weighted by atomic mass is 14.9. The highest BCUT2D eigenvalue weighted by molar-refractivity contribution is 4.81. The molecule has 0 aromatic rings. The summed E-state index contributed by atoms with van der Waals surface area (Å²) in [5.41, 5.74) is 0. The van der Waals surface area contributed by atoms with E-state index < -0.39 is 0 Å². The minimum Gasteiger partial charge on any atom is -0.311 e. The fourth-order valence-corrected chi connectivity index (χ4v) is 3.56. The minimum absolute atomic E-state index is 0.697. The van der Waals surface area contributed by atoms with Crippen LogP contribution < -0.4 is 5.32 Å². The summed E-state index contributed by atoms with van der Waals surface area (Å²) >= 11 is 0. The van der Waals surface area contributed by atoms with E-state index in [0.717, 1.165) is 23.8 Å². The Bertz CT molecular complexity index is 212. The van der Waals surface area contributed by atoms with Crippen LogP contribution in [0, 0.1) is 17.8 Å². The SMILES string of the molecule is CCC(C)CC(C)NC1CCCC(CC(C)C)C1. The molecule has 1 nitrogen and oxygen atoms in total. The van der Waals surface area contributed by atoms with Crippen LogP contribution in [0.4, 0.5) is 0 Å². The Hall–Kier alpha value is -0.0400. The van der Waals surface area contributed by atoms with E-state index in [9.17, 15) is 0 Å². The standard InChI is InChI=1S/C17H35N/c1-6-14(4)11-15(5)18-17-9-7-8-16(12-17)10-13(2)3/h13-18H,6-12H2,1-5H3. The molecular formula is C17H35N. The van der Waals surface area contributed by atoms with Crippen molar-refractivity contribution in [2.75, 3.05) is 0 Å². The van der Waals surface area contributed by atoms with Crippen molar-refractivity contribution < 1.29 is 0 Å². The van der Waals surface area contributed by atoms with Gasteiger partial charge in [0.05, 0.1) is 0 Å². The lowest BCUT2D eigenvalue weighted by molar-refractivity contribution is 0.234. The lowest BCUT2D eigenvalue weighted by atomic mass is 9.81. The van der Waals surface area contributed by atoms with Gasteiger partial charge in [-0.25, -0.2) is 0 Å². The molecule has 0 aromatic heterocycles. The number of hydrogen-bond acceptors (Lipinski definition) is 1. The van der Waals surface area contributed by atoms with Gasteiger partial charge < -0.3 is 5.32 Å². The van der Waals surface area contributed by atoms with Gasteiger partial charge >= 0.3 is 0 Å². The van der Waals surface area contributed by atoms with Crippen molar-refractivity contribution in [3.8, 4) is 0 Å². The molecular weight excluding hydrogens is 218 g/mol. The third kappa shape index (κ3) is 6.22. The summed E-state index contributed by atoms with van der Waals surface area (Å²) in [6, 6.07) is 1.49. The Morgan fingerprint density at radius 3 is 2.44 bits per heavy atom. The van der Waals surface area contributed by atoms with Crippen molar-refractivity contribution in [1.82, 2.24) is 5.32 Å². The van der Waals surface area contributed by atoms with Crippen LogP contribution in [0.1, 0.15) is 79.6 Å². The molecule has 0 bridgehead atoms. The molecule has 0 amide bonds. The molecule has 1 heteroatoms. The highest BCUT2D eigenvalue weighted by Crippen LogP contribution is 2.29. The fourth-order valence-electron chi connectivity index (χ4n) is 3.56. The van der Waals surface area contributed by atoms with E-state index in [-0.39, 0.29) is 0 Å². The van der Waals surface area contributed by atoms with Gasteiger partial charge in [-0.1, -0.05) is 47.0 Å². The Morgan fingerprint density at radius 1 is 1.11 bits per heavy atom. The molecule has 4 atom stereocenters. The first-order valence-electron chi connectivity index (χ1n) is 8.27. The lowest BCUT2D eigenvalue weighted by Crippen LogP contribution is -2.40. The predicted octanol–water partition coefficient (Wildman–Crippen LogP) is 5.01. The van der Waals surface area contributed by atoms with Gasteiger partial charge in [0.1, 0.15) is 0 Å². The molecule has 1 N–H and O–H groups in total. The van der Waals surface area contributed by atoms with Crippen LogP contribution in [0.2, 0.25) is 0 Å². The van der Waals surface area contributed by atoms with Crippen molar-refractivity contribution in [3.05, 3.63) is 0 Å². The van der Waals surface area contributed by atoms with Crippen molar-refractivity contribution in [3.63, 3.8) is 0 Å².